The van der Waals surface area contributed by atoms with E-state index in [9.17, 15) is 0 Å². The van der Waals surface area contributed by atoms with Gasteiger partial charge in [0.2, 0.25) is 0 Å². The number of hydrogen-bond donors (Lipinski definition) is 2. The maximum atomic E-state index is 5.95. The van der Waals surface area contributed by atoms with Crippen molar-refractivity contribution in [3.05, 3.63) is 27.8 Å². The average Bonchev–Trinajstić information content (AvgIpc) is 2.99. The lowest BCUT2D eigenvalue weighted by Crippen LogP contribution is -2.28. The van der Waals surface area contributed by atoms with Crippen molar-refractivity contribution in [1.82, 2.24) is 15.3 Å². The lowest BCUT2D eigenvalue weighted by molar-refractivity contribution is 0.368. The Balaban J connectivity index is 1.69. The Morgan fingerprint density at radius 3 is 2.94 bits per heavy atom. The van der Waals surface area contributed by atoms with E-state index < -0.39 is 0 Å². The molecule has 0 aromatic carbocycles. The highest BCUT2D eigenvalue weighted by atomic mass is 35.5. The molecule has 1 fully saturated rings. The predicted molar refractivity (Wildman–Crippen MR) is 76.2 cm³/mol. The van der Waals surface area contributed by atoms with Crippen LogP contribution in [0.4, 0.5) is 0 Å². The molecule has 3 nitrogen and oxygen atoms in total. The molecule has 0 bridgehead atoms. The lowest BCUT2D eigenvalue weighted by Gasteiger charge is -2.21. The van der Waals surface area contributed by atoms with Crippen LogP contribution in [0.3, 0.4) is 0 Å². The molecule has 96 valence electrons. The summed E-state index contributed by atoms with van der Waals surface area (Å²) in [7, 11) is 0. The van der Waals surface area contributed by atoms with Gasteiger partial charge in [-0.3, -0.25) is 0 Å². The fraction of sp³-hybridized carbons (Fsp3) is 0.462. The van der Waals surface area contributed by atoms with Crippen LogP contribution in [0.1, 0.15) is 18.7 Å². The summed E-state index contributed by atoms with van der Waals surface area (Å²) in [6.45, 7) is 2.27. The molecule has 3 heterocycles. The monoisotopic (exact) mass is 281 g/mol. The van der Waals surface area contributed by atoms with E-state index in [0.717, 1.165) is 46.8 Å². The summed E-state index contributed by atoms with van der Waals surface area (Å²) >= 11 is 7.50. The zero-order chi connectivity index (χ0) is 12.4. The summed E-state index contributed by atoms with van der Waals surface area (Å²) in [6, 6.07) is 1.98. The zero-order valence-corrected chi connectivity index (χ0v) is 11.7. The van der Waals surface area contributed by atoms with E-state index in [-0.39, 0.29) is 0 Å². The Hall–Kier alpha value is -0.840. The van der Waals surface area contributed by atoms with E-state index in [1.54, 1.807) is 11.3 Å². The van der Waals surface area contributed by atoms with Crippen LogP contribution in [0.2, 0.25) is 4.34 Å². The Bertz CT molecular complexity index is 514. The molecule has 1 aliphatic heterocycles. The second kappa shape index (κ2) is 5.43. The van der Waals surface area contributed by atoms with Gasteiger partial charge in [-0.15, -0.1) is 11.3 Å². The molecule has 0 spiro atoms. The van der Waals surface area contributed by atoms with Gasteiger partial charge in [0.15, 0.2) is 0 Å². The van der Waals surface area contributed by atoms with Gasteiger partial charge in [0, 0.05) is 17.4 Å². The van der Waals surface area contributed by atoms with Gasteiger partial charge in [0.1, 0.15) is 5.82 Å². The Morgan fingerprint density at radius 2 is 2.22 bits per heavy atom. The number of imidazole rings is 1. The largest absolute Gasteiger partial charge is 0.342 e. The Kier molecular flexibility index (Phi) is 3.68. The van der Waals surface area contributed by atoms with E-state index in [2.05, 4.69) is 20.7 Å². The van der Waals surface area contributed by atoms with Crippen LogP contribution in [0.25, 0.3) is 11.3 Å². The molecule has 2 aromatic heterocycles. The number of halogens is 1. The van der Waals surface area contributed by atoms with E-state index in [1.807, 2.05) is 12.3 Å². The number of H-pyrrole nitrogens is 1. The van der Waals surface area contributed by atoms with Crippen molar-refractivity contribution in [1.29, 1.82) is 0 Å². The summed E-state index contributed by atoms with van der Waals surface area (Å²) < 4.78 is 0.819. The third kappa shape index (κ3) is 2.76. The Labute approximate surface area is 116 Å². The molecule has 0 amide bonds. The van der Waals surface area contributed by atoms with E-state index in [0.29, 0.717) is 0 Å². The van der Waals surface area contributed by atoms with Gasteiger partial charge in [0.05, 0.1) is 16.2 Å². The van der Waals surface area contributed by atoms with Crippen molar-refractivity contribution < 1.29 is 0 Å². The van der Waals surface area contributed by atoms with Crippen LogP contribution in [0.15, 0.2) is 17.6 Å². The van der Waals surface area contributed by atoms with E-state index >= 15 is 0 Å². The zero-order valence-electron chi connectivity index (χ0n) is 10.1. The molecule has 0 aliphatic carbocycles. The predicted octanol–water partition coefficient (Wildman–Crippen LogP) is 3.33. The summed E-state index contributed by atoms with van der Waals surface area (Å²) in [5.41, 5.74) is 2.20. The second-order valence-corrected chi connectivity index (χ2v) is 6.32. The van der Waals surface area contributed by atoms with Crippen molar-refractivity contribution in [3.63, 3.8) is 0 Å². The minimum Gasteiger partial charge on any atom is -0.342 e. The number of rotatable bonds is 3. The molecule has 18 heavy (non-hydrogen) atoms. The first-order chi connectivity index (χ1) is 8.81. The number of piperidine rings is 1. The van der Waals surface area contributed by atoms with E-state index in [1.165, 1.54) is 12.8 Å². The normalized spacial score (nSPS) is 17.2. The molecule has 3 rings (SSSR count). The quantitative estimate of drug-likeness (QED) is 0.906. The molecule has 2 aromatic rings. The Morgan fingerprint density at radius 1 is 1.39 bits per heavy atom. The first-order valence-corrected chi connectivity index (χ1v) is 7.56. The summed E-state index contributed by atoms with van der Waals surface area (Å²) in [6.07, 6.45) is 5.47. The number of hydrogen-bond acceptors (Lipinski definition) is 3. The molecule has 0 atom stereocenters. The SMILES string of the molecule is Clc1cc(-c2cnc(CC3CCNCC3)[nH]2)cs1. The third-order valence-corrected chi connectivity index (χ3v) is 4.54. The van der Waals surface area contributed by atoms with E-state index in [4.69, 9.17) is 11.6 Å². The van der Waals surface area contributed by atoms with Crippen LogP contribution in [0.5, 0.6) is 0 Å². The second-order valence-electron chi connectivity index (χ2n) is 4.78. The van der Waals surface area contributed by atoms with Gasteiger partial charge in [0.25, 0.3) is 0 Å². The van der Waals surface area contributed by atoms with Crippen LogP contribution in [-0.2, 0) is 6.42 Å². The van der Waals surface area contributed by atoms with Crippen molar-refractivity contribution in [2.45, 2.75) is 19.3 Å². The highest BCUT2D eigenvalue weighted by molar-refractivity contribution is 7.14. The van der Waals surface area contributed by atoms with Gasteiger partial charge in [-0.05, 0) is 37.9 Å². The third-order valence-electron chi connectivity index (χ3n) is 3.45. The van der Waals surface area contributed by atoms with Gasteiger partial charge >= 0.3 is 0 Å². The maximum absolute atomic E-state index is 5.95. The standard InChI is InChI=1S/C13H16ClN3S/c14-12-6-10(8-18-12)11-7-16-13(17-11)5-9-1-3-15-4-2-9/h6-9,15H,1-5H2,(H,16,17). The summed E-state index contributed by atoms with van der Waals surface area (Å²) in [4.78, 5) is 7.89. The van der Waals surface area contributed by atoms with Crippen molar-refractivity contribution in [2.75, 3.05) is 13.1 Å². The molecular weight excluding hydrogens is 266 g/mol. The minimum atomic E-state index is 0.760. The fourth-order valence-corrected chi connectivity index (χ4v) is 3.30. The van der Waals surface area contributed by atoms with Crippen molar-refractivity contribution in [2.24, 2.45) is 5.92 Å². The average molecular weight is 282 g/mol. The number of nitrogens with one attached hydrogen (secondary N) is 2. The minimum absolute atomic E-state index is 0.760. The van der Waals surface area contributed by atoms with Crippen LogP contribution >= 0.6 is 22.9 Å². The van der Waals surface area contributed by atoms with Crippen LogP contribution < -0.4 is 5.32 Å². The van der Waals surface area contributed by atoms with Gasteiger partial charge in [-0.1, -0.05) is 11.6 Å². The molecule has 5 heteroatoms. The van der Waals surface area contributed by atoms with Gasteiger partial charge in [-0.2, -0.15) is 0 Å². The fourth-order valence-electron chi connectivity index (χ4n) is 2.42. The number of nitrogens with zero attached hydrogens (tertiary/aromatic N) is 1. The van der Waals surface area contributed by atoms with Crippen LogP contribution in [0, 0.1) is 5.92 Å². The first kappa shape index (κ1) is 12.2. The molecular formula is C13H16ClN3S. The highest BCUT2D eigenvalue weighted by Crippen LogP contribution is 2.28. The first-order valence-electron chi connectivity index (χ1n) is 6.30. The molecule has 1 saturated heterocycles. The molecule has 0 saturated carbocycles. The smallest absolute Gasteiger partial charge is 0.106 e. The number of aromatic amines is 1. The van der Waals surface area contributed by atoms with Crippen molar-refractivity contribution >= 4 is 22.9 Å². The van der Waals surface area contributed by atoms with Gasteiger partial charge in [-0.25, -0.2) is 4.98 Å². The summed E-state index contributed by atoms with van der Waals surface area (Å²) in [5.74, 6) is 1.86. The van der Waals surface area contributed by atoms with Gasteiger partial charge < -0.3 is 10.3 Å². The molecule has 2 N–H and O–H groups in total. The molecule has 1 aliphatic rings. The molecule has 0 unspecified atom stereocenters. The highest BCUT2D eigenvalue weighted by Gasteiger charge is 2.15. The number of aromatic nitrogens is 2. The number of thiophene rings is 1. The molecule has 0 radical (unpaired) electrons. The maximum Gasteiger partial charge on any atom is 0.106 e. The van der Waals surface area contributed by atoms with Crippen molar-refractivity contribution in [3.8, 4) is 11.3 Å². The summed E-state index contributed by atoms with van der Waals surface area (Å²) in [5, 5.41) is 5.45. The van der Waals surface area contributed by atoms with Crippen LogP contribution in [-0.4, -0.2) is 23.1 Å². The lowest BCUT2D eigenvalue weighted by atomic mass is 9.94. The topological polar surface area (TPSA) is 40.7 Å².